The van der Waals surface area contributed by atoms with Crippen LogP contribution in [0.1, 0.15) is 18.5 Å². The number of β-lactam (4-membered cyclic amide) rings is 1. The number of carbonyl (C=O) groups is 1. The van der Waals surface area contributed by atoms with E-state index in [1.807, 2.05) is 31.2 Å². The summed E-state index contributed by atoms with van der Waals surface area (Å²) in [6.07, 6.45) is 0. The van der Waals surface area contributed by atoms with Gasteiger partial charge in [-0.3, -0.25) is 4.79 Å². The van der Waals surface area contributed by atoms with Crippen LogP contribution in [0.4, 0.5) is 0 Å². The van der Waals surface area contributed by atoms with Crippen LogP contribution < -0.4 is 10.5 Å². The Morgan fingerprint density at radius 2 is 2.12 bits per heavy atom. The number of methoxy groups -OCH3 is 1. The Kier molecular flexibility index (Phi) is 2.83. The molecule has 1 amide bonds. The van der Waals surface area contributed by atoms with Gasteiger partial charge < -0.3 is 15.4 Å². The number of likely N-dealkylation sites (N-methyl/N-ethyl adjacent to an activating group) is 1. The second kappa shape index (κ2) is 4.14. The van der Waals surface area contributed by atoms with E-state index in [1.54, 1.807) is 12.0 Å². The van der Waals surface area contributed by atoms with Gasteiger partial charge in [0.2, 0.25) is 5.91 Å². The van der Waals surface area contributed by atoms with Gasteiger partial charge in [0.25, 0.3) is 0 Å². The Bertz CT molecular complexity index is 406. The van der Waals surface area contributed by atoms with Gasteiger partial charge in [0, 0.05) is 12.1 Å². The summed E-state index contributed by atoms with van der Waals surface area (Å²) in [5, 5.41) is 0. The fourth-order valence-corrected chi connectivity index (χ4v) is 2.20. The van der Waals surface area contributed by atoms with Crippen LogP contribution in [0.15, 0.2) is 24.3 Å². The largest absolute Gasteiger partial charge is 0.496 e. The van der Waals surface area contributed by atoms with Crippen LogP contribution >= 0.6 is 0 Å². The van der Waals surface area contributed by atoms with Gasteiger partial charge in [-0.15, -0.1) is 0 Å². The molecule has 0 aromatic heterocycles. The highest BCUT2D eigenvalue weighted by Gasteiger charge is 2.45. The molecule has 1 heterocycles. The topological polar surface area (TPSA) is 55.6 Å². The minimum Gasteiger partial charge on any atom is -0.496 e. The van der Waals surface area contributed by atoms with Crippen molar-refractivity contribution in [2.45, 2.75) is 19.0 Å². The molecule has 16 heavy (non-hydrogen) atoms. The molecule has 1 aliphatic rings. The smallest absolute Gasteiger partial charge is 0.242 e. The number of benzene rings is 1. The second-order valence-corrected chi connectivity index (χ2v) is 3.84. The average Bonchev–Trinajstić information content (AvgIpc) is 2.34. The zero-order valence-electron chi connectivity index (χ0n) is 9.51. The third kappa shape index (κ3) is 1.46. The number of carbonyl (C=O) groups excluding carboxylic acids is 1. The van der Waals surface area contributed by atoms with E-state index in [2.05, 4.69) is 0 Å². The van der Waals surface area contributed by atoms with Gasteiger partial charge >= 0.3 is 0 Å². The first-order valence-electron chi connectivity index (χ1n) is 5.39. The first-order chi connectivity index (χ1) is 7.70. The summed E-state index contributed by atoms with van der Waals surface area (Å²) < 4.78 is 5.29. The number of hydrogen-bond acceptors (Lipinski definition) is 3. The van der Waals surface area contributed by atoms with Gasteiger partial charge in [0.05, 0.1) is 13.2 Å². The number of rotatable bonds is 3. The predicted molar refractivity (Wildman–Crippen MR) is 61.1 cm³/mol. The molecular weight excluding hydrogens is 204 g/mol. The summed E-state index contributed by atoms with van der Waals surface area (Å²) in [7, 11) is 1.63. The first-order valence-corrected chi connectivity index (χ1v) is 5.39. The number of nitrogens with zero attached hydrogens (tertiary/aromatic N) is 1. The molecule has 2 rings (SSSR count). The van der Waals surface area contributed by atoms with E-state index in [0.717, 1.165) is 11.3 Å². The van der Waals surface area contributed by atoms with Gasteiger partial charge in [0.15, 0.2) is 0 Å². The molecule has 0 radical (unpaired) electrons. The van der Waals surface area contributed by atoms with Crippen molar-refractivity contribution >= 4 is 5.91 Å². The van der Waals surface area contributed by atoms with E-state index in [0.29, 0.717) is 6.54 Å². The highest BCUT2D eigenvalue weighted by atomic mass is 16.5. The van der Waals surface area contributed by atoms with E-state index >= 15 is 0 Å². The third-order valence-corrected chi connectivity index (χ3v) is 3.04. The Morgan fingerprint density at radius 3 is 2.75 bits per heavy atom. The van der Waals surface area contributed by atoms with Crippen molar-refractivity contribution in [1.29, 1.82) is 0 Å². The summed E-state index contributed by atoms with van der Waals surface area (Å²) in [6, 6.07) is 7.20. The van der Waals surface area contributed by atoms with Crippen molar-refractivity contribution in [1.82, 2.24) is 4.90 Å². The van der Waals surface area contributed by atoms with E-state index in [9.17, 15) is 4.79 Å². The molecule has 0 saturated carbocycles. The molecule has 1 saturated heterocycles. The summed E-state index contributed by atoms with van der Waals surface area (Å²) in [5.41, 5.74) is 6.83. The van der Waals surface area contributed by atoms with Crippen molar-refractivity contribution in [2.75, 3.05) is 13.7 Å². The maximum Gasteiger partial charge on any atom is 0.242 e. The first kappa shape index (κ1) is 11.0. The van der Waals surface area contributed by atoms with E-state index < -0.39 is 6.04 Å². The standard InChI is InChI=1S/C12H16N2O2/c1-3-14-11(10(13)12(14)15)8-6-4-5-7-9(8)16-2/h4-7,10-11H,3,13H2,1-2H3/t10-,11+/m1/s1. The second-order valence-electron chi connectivity index (χ2n) is 3.84. The van der Waals surface area contributed by atoms with Gasteiger partial charge in [0.1, 0.15) is 11.8 Å². The molecule has 1 aromatic rings. The van der Waals surface area contributed by atoms with Gasteiger partial charge in [-0.1, -0.05) is 18.2 Å². The monoisotopic (exact) mass is 220 g/mol. The molecule has 1 aliphatic heterocycles. The van der Waals surface area contributed by atoms with Crippen LogP contribution in [-0.4, -0.2) is 30.5 Å². The average molecular weight is 220 g/mol. The maximum absolute atomic E-state index is 11.5. The number of para-hydroxylation sites is 1. The molecule has 0 bridgehead atoms. The highest BCUT2D eigenvalue weighted by Crippen LogP contribution is 2.37. The minimum atomic E-state index is -0.434. The lowest BCUT2D eigenvalue weighted by Gasteiger charge is -2.45. The van der Waals surface area contributed by atoms with E-state index in [4.69, 9.17) is 10.5 Å². The van der Waals surface area contributed by atoms with E-state index in [-0.39, 0.29) is 11.9 Å². The predicted octanol–water partition coefficient (Wildman–Crippen LogP) is 0.926. The summed E-state index contributed by atoms with van der Waals surface area (Å²) in [4.78, 5) is 13.3. The zero-order valence-corrected chi connectivity index (χ0v) is 9.51. The molecule has 1 aromatic carbocycles. The van der Waals surface area contributed by atoms with Gasteiger partial charge in [-0.05, 0) is 13.0 Å². The third-order valence-electron chi connectivity index (χ3n) is 3.04. The zero-order chi connectivity index (χ0) is 11.7. The van der Waals surface area contributed by atoms with Crippen molar-refractivity contribution in [2.24, 2.45) is 5.73 Å². The fourth-order valence-electron chi connectivity index (χ4n) is 2.20. The normalized spacial score (nSPS) is 24.2. The van der Waals surface area contributed by atoms with Crippen LogP contribution in [0, 0.1) is 0 Å². The Hall–Kier alpha value is -1.55. The minimum absolute atomic E-state index is 0.0124. The van der Waals surface area contributed by atoms with Crippen LogP contribution in [0.2, 0.25) is 0 Å². The molecule has 0 spiro atoms. The Balaban J connectivity index is 2.33. The van der Waals surface area contributed by atoms with Crippen molar-refractivity contribution in [3.63, 3.8) is 0 Å². The van der Waals surface area contributed by atoms with Gasteiger partial charge in [-0.2, -0.15) is 0 Å². The lowest BCUT2D eigenvalue weighted by Crippen LogP contribution is -2.62. The molecule has 4 nitrogen and oxygen atoms in total. The van der Waals surface area contributed by atoms with Crippen LogP contribution in [0.3, 0.4) is 0 Å². The Labute approximate surface area is 95.0 Å². The molecule has 1 fully saturated rings. The van der Waals surface area contributed by atoms with Crippen molar-refractivity contribution in [3.8, 4) is 5.75 Å². The summed E-state index contributed by atoms with van der Waals surface area (Å²) in [6.45, 7) is 2.63. The van der Waals surface area contributed by atoms with Crippen LogP contribution in [0.5, 0.6) is 5.75 Å². The summed E-state index contributed by atoms with van der Waals surface area (Å²) in [5.74, 6) is 0.798. The summed E-state index contributed by atoms with van der Waals surface area (Å²) >= 11 is 0. The number of hydrogen-bond donors (Lipinski definition) is 1. The Morgan fingerprint density at radius 1 is 1.44 bits per heavy atom. The SMILES string of the molecule is CCN1C(=O)[C@H](N)[C@@H]1c1ccccc1OC. The van der Waals surface area contributed by atoms with E-state index in [1.165, 1.54) is 0 Å². The molecule has 86 valence electrons. The molecule has 2 N–H and O–H groups in total. The molecule has 4 heteroatoms. The number of ether oxygens (including phenoxy) is 1. The van der Waals surface area contributed by atoms with Crippen LogP contribution in [0.25, 0.3) is 0 Å². The molecule has 0 unspecified atom stereocenters. The fraction of sp³-hybridized carbons (Fsp3) is 0.417. The molecule has 2 atom stereocenters. The van der Waals surface area contributed by atoms with Gasteiger partial charge in [-0.25, -0.2) is 0 Å². The lowest BCUT2D eigenvalue weighted by atomic mass is 9.88. The van der Waals surface area contributed by atoms with Crippen molar-refractivity contribution in [3.05, 3.63) is 29.8 Å². The number of nitrogens with two attached hydrogens (primary N) is 1. The van der Waals surface area contributed by atoms with Crippen LogP contribution in [-0.2, 0) is 4.79 Å². The lowest BCUT2D eigenvalue weighted by molar-refractivity contribution is -0.149. The van der Waals surface area contributed by atoms with Crippen molar-refractivity contribution < 1.29 is 9.53 Å². The maximum atomic E-state index is 11.5. The quantitative estimate of drug-likeness (QED) is 0.771. The molecule has 0 aliphatic carbocycles. The molecular formula is C12H16N2O2. The highest BCUT2D eigenvalue weighted by molar-refractivity contribution is 5.89. The number of amides is 1. The number of likely N-dealkylation sites (tertiary alicyclic amines) is 1.